The van der Waals surface area contributed by atoms with Crippen LogP contribution in [0.1, 0.15) is 37.7 Å². The first-order valence-corrected chi connectivity index (χ1v) is 12.0. The fraction of sp³-hybridized carbons (Fsp3) is 0.385. The van der Waals surface area contributed by atoms with E-state index >= 15 is 0 Å². The number of nitrogens with one attached hydrogen (secondary N) is 1. The van der Waals surface area contributed by atoms with Crippen molar-refractivity contribution in [3.63, 3.8) is 0 Å². The Balaban J connectivity index is 0.000000454. The van der Waals surface area contributed by atoms with Crippen LogP contribution in [-0.4, -0.2) is 59.4 Å². The van der Waals surface area contributed by atoms with E-state index < -0.39 is 12.1 Å². The molecule has 10 heteroatoms. The predicted molar refractivity (Wildman–Crippen MR) is 135 cm³/mol. The number of H-pyrrole nitrogens is 1. The standard InChI is InChI=1S/C24H28ClN3O.C2HF3O2/c1-28(2)13-6-14-29-20-11-9-18(10-12-20)23-22(17-7-4-3-5-8-17)21-15-19(25)16-26-24(21)27-23;3-2(4,5)1(6)7/h7,9-12,15-16H,3-6,8,13-14H2,1-2H3,(H,26,27);(H,6,7). The number of alkyl halides is 3. The lowest BCUT2D eigenvalue weighted by Crippen LogP contribution is -2.21. The third-order valence-corrected chi connectivity index (χ3v) is 5.84. The fourth-order valence-corrected chi connectivity index (χ4v) is 4.11. The molecule has 0 amide bonds. The van der Waals surface area contributed by atoms with Crippen LogP contribution < -0.4 is 4.74 Å². The zero-order valence-electron chi connectivity index (χ0n) is 20.2. The van der Waals surface area contributed by atoms with Crippen molar-refractivity contribution in [2.75, 3.05) is 27.2 Å². The summed E-state index contributed by atoms with van der Waals surface area (Å²) in [5.41, 5.74) is 5.78. The van der Waals surface area contributed by atoms with Gasteiger partial charge in [0.25, 0.3) is 0 Å². The Hall–Kier alpha value is -3.04. The van der Waals surface area contributed by atoms with Crippen molar-refractivity contribution in [1.29, 1.82) is 0 Å². The molecule has 0 aliphatic heterocycles. The van der Waals surface area contributed by atoms with Gasteiger partial charge in [-0.3, -0.25) is 0 Å². The molecule has 0 fully saturated rings. The van der Waals surface area contributed by atoms with E-state index in [1.807, 2.05) is 6.07 Å². The van der Waals surface area contributed by atoms with Crippen LogP contribution in [0.5, 0.6) is 5.75 Å². The van der Waals surface area contributed by atoms with Crippen molar-refractivity contribution >= 4 is 34.2 Å². The molecule has 0 saturated carbocycles. The highest BCUT2D eigenvalue weighted by molar-refractivity contribution is 6.31. The number of fused-ring (bicyclic) bond motifs is 1. The number of allylic oxidation sites excluding steroid dienone is 2. The summed E-state index contributed by atoms with van der Waals surface area (Å²) in [6.45, 7) is 1.76. The molecule has 2 aromatic heterocycles. The number of rotatable bonds is 7. The molecule has 0 spiro atoms. The maximum atomic E-state index is 10.6. The van der Waals surface area contributed by atoms with E-state index in [0.29, 0.717) is 5.02 Å². The van der Waals surface area contributed by atoms with E-state index in [2.05, 4.69) is 59.3 Å². The van der Waals surface area contributed by atoms with Gasteiger partial charge >= 0.3 is 12.1 Å². The number of halogens is 4. The zero-order valence-corrected chi connectivity index (χ0v) is 20.9. The highest BCUT2D eigenvalue weighted by Gasteiger charge is 2.38. The predicted octanol–water partition coefficient (Wildman–Crippen LogP) is 6.80. The first-order chi connectivity index (χ1) is 17.1. The van der Waals surface area contributed by atoms with Gasteiger partial charge in [-0.25, -0.2) is 9.78 Å². The molecule has 1 aromatic carbocycles. The molecule has 0 atom stereocenters. The maximum Gasteiger partial charge on any atom is 0.490 e. The van der Waals surface area contributed by atoms with E-state index in [0.717, 1.165) is 60.5 Å². The number of carboxylic acids is 1. The van der Waals surface area contributed by atoms with Gasteiger partial charge < -0.3 is 19.7 Å². The number of aromatic amines is 1. The molecule has 0 radical (unpaired) electrons. The number of aromatic nitrogens is 2. The third kappa shape index (κ3) is 7.48. The molecule has 1 aliphatic carbocycles. The highest BCUT2D eigenvalue weighted by Crippen LogP contribution is 2.39. The van der Waals surface area contributed by atoms with E-state index in [4.69, 9.17) is 26.2 Å². The SMILES string of the molecule is CN(C)CCCOc1ccc(-c2[nH]c3ncc(Cl)cc3c2C2=CCCCC2)cc1.O=C(O)C(F)(F)F. The number of nitrogens with zero attached hydrogens (tertiary/aromatic N) is 2. The number of ether oxygens (including phenoxy) is 1. The molecule has 3 aromatic rings. The minimum atomic E-state index is -5.08. The van der Waals surface area contributed by atoms with Gasteiger partial charge in [0.1, 0.15) is 11.4 Å². The Labute approximate surface area is 212 Å². The normalized spacial score (nSPS) is 13.8. The summed E-state index contributed by atoms with van der Waals surface area (Å²) in [5, 5.41) is 8.90. The molecule has 0 bridgehead atoms. The second kappa shape index (κ2) is 12.3. The molecule has 2 heterocycles. The molecule has 2 N–H and O–H groups in total. The summed E-state index contributed by atoms with van der Waals surface area (Å²) in [4.78, 5) is 19.1. The van der Waals surface area contributed by atoms with Crippen LogP contribution in [0.15, 0.2) is 42.6 Å². The average molecular weight is 524 g/mol. The molecular formula is C26H29ClF3N3O3. The molecule has 0 unspecified atom stereocenters. The van der Waals surface area contributed by atoms with Gasteiger partial charge in [-0.05, 0) is 87.7 Å². The minimum Gasteiger partial charge on any atom is -0.494 e. The summed E-state index contributed by atoms with van der Waals surface area (Å²) in [5.74, 6) is -1.85. The van der Waals surface area contributed by atoms with Crippen molar-refractivity contribution in [3.8, 4) is 17.0 Å². The molecular weight excluding hydrogens is 495 g/mol. The van der Waals surface area contributed by atoms with Crippen molar-refractivity contribution in [3.05, 3.63) is 53.2 Å². The largest absolute Gasteiger partial charge is 0.494 e. The second-order valence-electron chi connectivity index (χ2n) is 8.73. The van der Waals surface area contributed by atoms with Crippen LogP contribution in [0.25, 0.3) is 27.9 Å². The highest BCUT2D eigenvalue weighted by atomic mass is 35.5. The lowest BCUT2D eigenvalue weighted by Gasteiger charge is -2.15. The van der Waals surface area contributed by atoms with Crippen LogP contribution in [0.3, 0.4) is 0 Å². The van der Waals surface area contributed by atoms with Gasteiger partial charge in [-0.2, -0.15) is 13.2 Å². The monoisotopic (exact) mass is 523 g/mol. The number of benzene rings is 1. The van der Waals surface area contributed by atoms with Crippen LogP contribution in [-0.2, 0) is 4.79 Å². The Morgan fingerprint density at radius 1 is 1.22 bits per heavy atom. The number of carbonyl (C=O) groups is 1. The van der Waals surface area contributed by atoms with Gasteiger partial charge in [0.05, 0.1) is 17.3 Å². The van der Waals surface area contributed by atoms with Crippen LogP contribution in [0.4, 0.5) is 13.2 Å². The molecule has 194 valence electrons. The van der Waals surface area contributed by atoms with E-state index in [-0.39, 0.29) is 0 Å². The van der Waals surface area contributed by atoms with Crippen LogP contribution in [0, 0.1) is 0 Å². The Morgan fingerprint density at radius 2 is 1.92 bits per heavy atom. The van der Waals surface area contributed by atoms with Crippen molar-refractivity contribution in [2.45, 2.75) is 38.3 Å². The smallest absolute Gasteiger partial charge is 0.490 e. The summed E-state index contributed by atoms with van der Waals surface area (Å²) in [6.07, 6.45) is 4.73. The maximum absolute atomic E-state index is 10.6. The van der Waals surface area contributed by atoms with Gasteiger partial charge in [0, 0.05) is 23.7 Å². The van der Waals surface area contributed by atoms with Crippen LogP contribution >= 0.6 is 11.6 Å². The van der Waals surface area contributed by atoms with Crippen molar-refractivity contribution in [1.82, 2.24) is 14.9 Å². The van der Waals surface area contributed by atoms with Crippen molar-refractivity contribution < 1.29 is 27.8 Å². The van der Waals surface area contributed by atoms with E-state index in [1.165, 1.54) is 24.0 Å². The average Bonchev–Trinajstić information content (AvgIpc) is 3.21. The van der Waals surface area contributed by atoms with Gasteiger partial charge in [0.15, 0.2) is 0 Å². The van der Waals surface area contributed by atoms with Gasteiger partial charge in [-0.1, -0.05) is 17.7 Å². The number of pyridine rings is 1. The second-order valence-corrected chi connectivity index (χ2v) is 9.17. The number of carboxylic acid groups (broad SMARTS) is 1. The van der Waals surface area contributed by atoms with E-state index in [9.17, 15) is 13.2 Å². The zero-order chi connectivity index (χ0) is 26.3. The Bertz CT molecular complexity index is 1200. The first kappa shape index (κ1) is 27.5. The molecule has 6 nitrogen and oxygen atoms in total. The third-order valence-electron chi connectivity index (χ3n) is 5.63. The Morgan fingerprint density at radius 3 is 2.50 bits per heavy atom. The summed E-state index contributed by atoms with van der Waals surface area (Å²) in [7, 11) is 4.16. The summed E-state index contributed by atoms with van der Waals surface area (Å²) < 4.78 is 37.6. The fourth-order valence-electron chi connectivity index (χ4n) is 3.95. The number of hydrogen-bond donors (Lipinski definition) is 2. The minimum absolute atomic E-state index is 0.669. The van der Waals surface area contributed by atoms with E-state index in [1.54, 1.807) is 6.20 Å². The van der Waals surface area contributed by atoms with Gasteiger partial charge in [0.2, 0.25) is 0 Å². The molecule has 36 heavy (non-hydrogen) atoms. The lowest BCUT2D eigenvalue weighted by atomic mass is 9.90. The number of aliphatic carboxylic acids is 1. The Kier molecular flexibility index (Phi) is 9.39. The molecule has 0 saturated heterocycles. The van der Waals surface area contributed by atoms with Crippen LogP contribution in [0.2, 0.25) is 5.02 Å². The lowest BCUT2D eigenvalue weighted by molar-refractivity contribution is -0.192. The first-order valence-electron chi connectivity index (χ1n) is 11.6. The molecule has 4 rings (SSSR count). The molecule has 1 aliphatic rings. The van der Waals surface area contributed by atoms with Gasteiger partial charge in [-0.15, -0.1) is 0 Å². The number of hydrogen-bond acceptors (Lipinski definition) is 4. The quantitative estimate of drug-likeness (QED) is 0.333. The van der Waals surface area contributed by atoms with Crippen molar-refractivity contribution in [2.24, 2.45) is 0 Å². The summed E-state index contributed by atoms with van der Waals surface area (Å²) in [6, 6.07) is 10.4. The topological polar surface area (TPSA) is 78.5 Å². The summed E-state index contributed by atoms with van der Waals surface area (Å²) >= 11 is 6.27.